The Kier molecular flexibility index (Phi) is 3.45. The van der Waals surface area contributed by atoms with Crippen molar-refractivity contribution in [2.75, 3.05) is 11.1 Å². The van der Waals surface area contributed by atoms with Gasteiger partial charge >= 0.3 is 0 Å². The zero-order chi connectivity index (χ0) is 19.4. The molecule has 29 heavy (non-hydrogen) atoms. The van der Waals surface area contributed by atoms with Crippen LogP contribution in [0.2, 0.25) is 0 Å². The maximum Gasteiger partial charge on any atom is 0.130 e. The predicted octanol–water partition coefficient (Wildman–Crippen LogP) is 6.48. The molecule has 6 rings (SSSR count). The van der Waals surface area contributed by atoms with Crippen molar-refractivity contribution in [3.63, 3.8) is 0 Å². The fourth-order valence-corrected chi connectivity index (χ4v) is 4.62. The molecule has 0 aliphatic carbocycles. The van der Waals surface area contributed by atoms with Crippen LogP contribution in [0.15, 0.2) is 78.9 Å². The first-order chi connectivity index (χ1) is 14.3. The number of aromatic nitrogens is 2. The Morgan fingerprint density at radius 2 is 1.41 bits per heavy atom. The molecule has 1 heterocycles. The Bertz CT molecular complexity index is 1550. The first kappa shape index (κ1) is 16.3. The molecule has 0 unspecified atom stereocenters. The van der Waals surface area contributed by atoms with Crippen molar-refractivity contribution in [3.8, 4) is 0 Å². The Hall–Kier alpha value is -3.70. The highest BCUT2D eigenvalue weighted by Gasteiger charge is 2.12. The second-order valence-corrected chi connectivity index (χ2v) is 7.71. The summed E-state index contributed by atoms with van der Waals surface area (Å²) in [5.41, 5.74) is 10.2. The van der Waals surface area contributed by atoms with Crippen molar-refractivity contribution in [2.45, 2.75) is 0 Å². The molecule has 0 atom stereocenters. The third-order valence-electron chi connectivity index (χ3n) is 5.44. The van der Waals surface area contributed by atoms with Crippen LogP contribution in [0.25, 0.3) is 43.4 Å². The summed E-state index contributed by atoms with van der Waals surface area (Å²) in [6, 6.07) is 27.6. The maximum absolute atomic E-state index is 6.06. The number of hydrogen-bond acceptors (Lipinski definition) is 5. The molecule has 0 aliphatic heterocycles. The molecular formula is C24H16N4S. The van der Waals surface area contributed by atoms with Crippen LogP contribution in [-0.2, 0) is 0 Å². The molecule has 6 aromatic rings. The summed E-state index contributed by atoms with van der Waals surface area (Å²) in [5.74, 6) is 0. The zero-order valence-corrected chi connectivity index (χ0v) is 16.2. The van der Waals surface area contributed by atoms with Crippen LogP contribution in [0, 0.1) is 0 Å². The van der Waals surface area contributed by atoms with Gasteiger partial charge in [-0.1, -0.05) is 48.5 Å². The number of anilines is 3. The van der Waals surface area contributed by atoms with E-state index in [1.807, 2.05) is 12.1 Å². The Labute approximate surface area is 170 Å². The molecule has 0 saturated heterocycles. The van der Waals surface area contributed by atoms with E-state index in [1.54, 1.807) is 0 Å². The largest absolute Gasteiger partial charge is 0.397 e. The number of benzene rings is 5. The summed E-state index contributed by atoms with van der Waals surface area (Å²) in [6.45, 7) is 0. The topological polar surface area (TPSA) is 63.8 Å². The molecule has 0 amide bonds. The molecule has 138 valence electrons. The lowest BCUT2D eigenvalue weighted by atomic mass is 9.97. The molecule has 0 spiro atoms. The maximum atomic E-state index is 6.06. The van der Waals surface area contributed by atoms with Crippen LogP contribution in [-0.4, -0.2) is 8.75 Å². The van der Waals surface area contributed by atoms with Crippen LogP contribution in [0.3, 0.4) is 0 Å². The van der Waals surface area contributed by atoms with Gasteiger partial charge in [-0.25, -0.2) is 0 Å². The third-order valence-corrected chi connectivity index (χ3v) is 5.97. The zero-order valence-electron chi connectivity index (χ0n) is 15.4. The van der Waals surface area contributed by atoms with E-state index in [2.05, 4.69) is 80.8 Å². The van der Waals surface area contributed by atoms with Gasteiger partial charge in [-0.05, 0) is 57.3 Å². The summed E-state index contributed by atoms with van der Waals surface area (Å²) in [6.07, 6.45) is 0. The van der Waals surface area contributed by atoms with E-state index < -0.39 is 0 Å². The highest BCUT2D eigenvalue weighted by molar-refractivity contribution is 7.00. The van der Waals surface area contributed by atoms with Crippen molar-refractivity contribution >= 4 is 72.1 Å². The average Bonchev–Trinajstić information content (AvgIpc) is 3.25. The van der Waals surface area contributed by atoms with Crippen LogP contribution in [0.5, 0.6) is 0 Å². The van der Waals surface area contributed by atoms with Gasteiger partial charge in [0.1, 0.15) is 11.0 Å². The Morgan fingerprint density at radius 3 is 2.31 bits per heavy atom. The number of nitrogens with two attached hydrogens (primary N) is 1. The monoisotopic (exact) mass is 392 g/mol. The second-order valence-electron chi connectivity index (χ2n) is 7.18. The fourth-order valence-electron chi connectivity index (χ4n) is 4.04. The van der Waals surface area contributed by atoms with E-state index in [9.17, 15) is 0 Å². The molecule has 5 heteroatoms. The van der Waals surface area contributed by atoms with Gasteiger partial charge in [0.2, 0.25) is 0 Å². The molecule has 0 saturated carbocycles. The normalized spacial score (nSPS) is 11.6. The molecule has 0 fully saturated rings. The fraction of sp³-hybridized carbons (Fsp3) is 0. The number of fused-ring (bicyclic) bond motifs is 5. The Morgan fingerprint density at radius 1 is 0.655 bits per heavy atom. The molecule has 3 N–H and O–H groups in total. The SMILES string of the molecule is Nc1ccc(Nc2cccc3ccc4cc5ccccc5cc4c23)c2nsnc12. The van der Waals surface area contributed by atoms with Crippen molar-refractivity contribution in [2.24, 2.45) is 0 Å². The third kappa shape index (κ3) is 2.52. The van der Waals surface area contributed by atoms with E-state index in [0.29, 0.717) is 5.69 Å². The first-order valence-corrected chi connectivity index (χ1v) is 10.1. The van der Waals surface area contributed by atoms with E-state index in [0.717, 1.165) is 22.4 Å². The van der Waals surface area contributed by atoms with Gasteiger partial charge < -0.3 is 11.1 Å². The number of hydrogen-bond donors (Lipinski definition) is 2. The minimum atomic E-state index is 0.647. The number of nitrogens with zero attached hydrogens (tertiary/aromatic N) is 2. The van der Waals surface area contributed by atoms with Gasteiger partial charge in [-0.15, -0.1) is 0 Å². The van der Waals surface area contributed by atoms with Gasteiger partial charge in [0.15, 0.2) is 0 Å². The lowest BCUT2D eigenvalue weighted by Crippen LogP contribution is -1.95. The summed E-state index contributed by atoms with van der Waals surface area (Å²) < 4.78 is 8.78. The van der Waals surface area contributed by atoms with Gasteiger partial charge in [-0.2, -0.15) is 8.75 Å². The molecule has 1 aromatic heterocycles. The second kappa shape index (κ2) is 6.15. The number of rotatable bonds is 2. The van der Waals surface area contributed by atoms with Crippen molar-refractivity contribution in [1.29, 1.82) is 0 Å². The molecule has 0 aliphatic rings. The lowest BCUT2D eigenvalue weighted by Gasteiger charge is -2.13. The van der Waals surface area contributed by atoms with Crippen LogP contribution >= 0.6 is 11.7 Å². The molecular weight excluding hydrogens is 376 g/mol. The van der Waals surface area contributed by atoms with Crippen molar-refractivity contribution in [3.05, 3.63) is 78.9 Å². The number of nitrogens with one attached hydrogen (secondary N) is 1. The van der Waals surface area contributed by atoms with Crippen LogP contribution in [0.4, 0.5) is 17.1 Å². The quantitative estimate of drug-likeness (QED) is 0.201. The predicted molar refractivity (Wildman–Crippen MR) is 124 cm³/mol. The summed E-state index contributed by atoms with van der Waals surface area (Å²) in [4.78, 5) is 0. The van der Waals surface area contributed by atoms with Crippen molar-refractivity contribution in [1.82, 2.24) is 8.75 Å². The van der Waals surface area contributed by atoms with Crippen LogP contribution in [0.1, 0.15) is 0 Å². The summed E-state index contributed by atoms with van der Waals surface area (Å²) in [7, 11) is 0. The van der Waals surface area contributed by atoms with Crippen LogP contribution < -0.4 is 11.1 Å². The van der Waals surface area contributed by atoms with E-state index in [4.69, 9.17) is 5.73 Å². The van der Waals surface area contributed by atoms with Crippen molar-refractivity contribution < 1.29 is 0 Å². The molecule has 5 aromatic carbocycles. The highest BCUT2D eigenvalue weighted by atomic mass is 32.1. The van der Waals surface area contributed by atoms with E-state index in [-0.39, 0.29) is 0 Å². The smallest absolute Gasteiger partial charge is 0.130 e. The average molecular weight is 392 g/mol. The van der Waals surface area contributed by atoms with Gasteiger partial charge in [0.05, 0.1) is 23.1 Å². The van der Waals surface area contributed by atoms with Gasteiger partial charge in [-0.3, -0.25) is 0 Å². The van der Waals surface area contributed by atoms with Gasteiger partial charge in [0.25, 0.3) is 0 Å². The highest BCUT2D eigenvalue weighted by Crippen LogP contribution is 2.37. The van der Waals surface area contributed by atoms with E-state index in [1.165, 1.54) is 44.0 Å². The van der Waals surface area contributed by atoms with E-state index >= 15 is 0 Å². The molecule has 0 bridgehead atoms. The minimum absolute atomic E-state index is 0.647. The first-order valence-electron chi connectivity index (χ1n) is 9.40. The molecule has 0 radical (unpaired) electrons. The van der Waals surface area contributed by atoms with Gasteiger partial charge in [0, 0.05) is 11.1 Å². The number of nitrogen functional groups attached to an aromatic ring is 1. The molecule has 4 nitrogen and oxygen atoms in total. The summed E-state index contributed by atoms with van der Waals surface area (Å²) in [5, 5.41) is 10.9. The lowest BCUT2D eigenvalue weighted by molar-refractivity contribution is 1.57. The Balaban J connectivity index is 1.63. The summed E-state index contributed by atoms with van der Waals surface area (Å²) >= 11 is 1.18. The minimum Gasteiger partial charge on any atom is -0.397 e. The standard InChI is InChI=1S/C24H16N4S/c25-19-10-11-21(24-23(19)27-29-28-24)26-20-7-3-6-14-8-9-17-12-15-4-1-2-5-16(15)13-18(17)22(14)20/h1-13,26H,25H2.